The summed E-state index contributed by atoms with van der Waals surface area (Å²) >= 11 is 1.63. The van der Waals surface area contributed by atoms with Gasteiger partial charge in [-0.25, -0.2) is 4.98 Å². The molecule has 146 valence electrons. The number of rotatable bonds is 9. The summed E-state index contributed by atoms with van der Waals surface area (Å²) in [6.07, 6.45) is 0.965. The highest BCUT2D eigenvalue weighted by Gasteiger charge is 2.09. The molecule has 1 aromatic heterocycles. The Hall–Kier alpha value is -2.50. The summed E-state index contributed by atoms with van der Waals surface area (Å²) in [5, 5.41) is 6.07. The molecule has 1 N–H and O–H groups in total. The normalized spacial score (nSPS) is 11.0. The van der Waals surface area contributed by atoms with Gasteiger partial charge in [-0.3, -0.25) is 4.79 Å². The van der Waals surface area contributed by atoms with Gasteiger partial charge in [0.05, 0.1) is 5.69 Å². The first-order chi connectivity index (χ1) is 13.7. The molecule has 0 saturated heterocycles. The van der Waals surface area contributed by atoms with E-state index in [2.05, 4.69) is 41.6 Å². The fourth-order valence-corrected chi connectivity index (χ4v) is 3.89. The van der Waals surface area contributed by atoms with E-state index < -0.39 is 0 Å². The minimum atomic E-state index is -0.0191. The summed E-state index contributed by atoms with van der Waals surface area (Å²) in [6, 6.07) is 17.9. The van der Waals surface area contributed by atoms with Gasteiger partial charge in [0.1, 0.15) is 5.01 Å². The van der Waals surface area contributed by atoms with Crippen LogP contribution >= 0.6 is 11.3 Å². The average molecular weight is 394 g/mol. The van der Waals surface area contributed by atoms with Gasteiger partial charge in [-0.05, 0) is 38.2 Å². The van der Waals surface area contributed by atoms with Gasteiger partial charge < -0.3 is 10.2 Å². The Morgan fingerprint density at radius 1 is 1.00 bits per heavy atom. The van der Waals surface area contributed by atoms with Crippen molar-refractivity contribution < 1.29 is 4.79 Å². The van der Waals surface area contributed by atoms with Crippen LogP contribution in [0.4, 0.5) is 0 Å². The highest BCUT2D eigenvalue weighted by Crippen LogP contribution is 2.28. The van der Waals surface area contributed by atoms with Gasteiger partial charge in [0.15, 0.2) is 0 Å². The average Bonchev–Trinajstić information content (AvgIpc) is 3.25. The van der Waals surface area contributed by atoms with Crippen molar-refractivity contribution >= 4 is 17.2 Å². The van der Waals surface area contributed by atoms with Gasteiger partial charge >= 0.3 is 0 Å². The van der Waals surface area contributed by atoms with Gasteiger partial charge in [0.2, 0.25) is 0 Å². The molecule has 0 saturated carbocycles. The lowest BCUT2D eigenvalue weighted by molar-refractivity contribution is 0.0952. The topological polar surface area (TPSA) is 45.2 Å². The van der Waals surface area contributed by atoms with Crippen LogP contribution in [0, 0.1) is 0 Å². The van der Waals surface area contributed by atoms with Crippen LogP contribution in [-0.4, -0.2) is 42.0 Å². The van der Waals surface area contributed by atoms with Crippen molar-refractivity contribution in [3.05, 3.63) is 65.5 Å². The summed E-state index contributed by atoms with van der Waals surface area (Å²) in [4.78, 5) is 19.4. The number of benzene rings is 2. The number of hydrogen-bond donors (Lipinski definition) is 1. The van der Waals surface area contributed by atoms with Crippen LogP contribution < -0.4 is 5.32 Å². The highest BCUT2D eigenvalue weighted by molar-refractivity contribution is 7.13. The van der Waals surface area contributed by atoms with Crippen LogP contribution in [0.15, 0.2) is 60.0 Å². The van der Waals surface area contributed by atoms with E-state index in [1.165, 1.54) is 0 Å². The Morgan fingerprint density at radius 3 is 2.39 bits per heavy atom. The van der Waals surface area contributed by atoms with E-state index in [1.54, 1.807) is 11.3 Å². The van der Waals surface area contributed by atoms with Crippen molar-refractivity contribution in [2.45, 2.75) is 20.3 Å². The van der Waals surface area contributed by atoms with E-state index in [9.17, 15) is 4.79 Å². The highest BCUT2D eigenvalue weighted by atomic mass is 32.1. The second kappa shape index (κ2) is 10.2. The van der Waals surface area contributed by atoms with Crippen molar-refractivity contribution in [3.63, 3.8) is 0 Å². The third-order valence-corrected chi connectivity index (χ3v) is 5.69. The zero-order valence-electron chi connectivity index (χ0n) is 16.5. The van der Waals surface area contributed by atoms with Crippen LogP contribution in [0.5, 0.6) is 0 Å². The molecule has 0 aliphatic heterocycles. The quantitative estimate of drug-likeness (QED) is 0.524. The Morgan fingerprint density at radius 2 is 1.71 bits per heavy atom. The van der Waals surface area contributed by atoms with Crippen molar-refractivity contribution in [1.82, 2.24) is 15.2 Å². The fourth-order valence-electron chi connectivity index (χ4n) is 3.06. The summed E-state index contributed by atoms with van der Waals surface area (Å²) in [5.74, 6) is -0.0191. The number of thiazole rings is 1. The fraction of sp³-hybridized carbons (Fsp3) is 0.304. The monoisotopic (exact) mass is 393 g/mol. The maximum absolute atomic E-state index is 12.3. The molecule has 4 nitrogen and oxygen atoms in total. The molecular weight excluding hydrogens is 366 g/mol. The number of aromatic nitrogens is 1. The molecule has 3 rings (SSSR count). The molecule has 5 heteroatoms. The molecule has 0 radical (unpaired) electrons. The first kappa shape index (κ1) is 20.2. The second-order valence-corrected chi connectivity index (χ2v) is 7.48. The zero-order valence-corrected chi connectivity index (χ0v) is 17.3. The third kappa shape index (κ3) is 5.27. The van der Waals surface area contributed by atoms with Crippen LogP contribution in [0.1, 0.15) is 30.6 Å². The molecule has 0 unspecified atom stereocenters. The molecule has 28 heavy (non-hydrogen) atoms. The Balaban J connectivity index is 1.56. The van der Waals surface area contributed by atoms with Crippen molar-refractivity contribution in [2.75, 3.05) is 26.2 Å². The maximum Gasteiger partial charge on any atom is 0.251 e. The number of nitrogens with one attached hydrogen (secondary N) is 1. The van der Waals surface area contributed by atoms with E-state index in [0.29, 0.717) is 12.1 Å². The predicted molar refractivity (Wildman–Crippen MR) is 118 cm³/mol. The Kier molecular flexibility index (Phi) is 7.34. The minimum Gasteiger partial charge on any atom is -0.352 e. The Labute approximate surface area is 171 Å². The minimum absolute atomic E-state index is 0.0191. The standard InChI is InChI=1S/C23H27N3OS/c1-3-26(4-2)16-8-15-24-22(27)19-13-11-18(12-14-19)21-17-28-23(25-21)20-9-6-5-7-10-20/h5-7,9-14,17H,3-4,8,15-16H2,1-2H3,(H,24,27). The molecule has 2 aromatic carbocycles. The number of carbonyl (C=O) groups excluding carboxylic acids is 1. The van der Waals surface area contributed by atoms with E-state index >= 15 is 0 Å². The van der Waals surface area contributed by atoms with Crippen molar-refractivity contribution in [1.29, 1.82) is 0 Å². The van der Waals surface area contributed by atoms with Crippen molar-refractivity contribution in [3.8, 4) is 21.8 Å². The number of nitrogens with zero attached hydrogens (tertiary/aromatic N) is 2. The predicted octanol–water partition coefficient (Wildman–Crippen LogP) is 4.94. The number of carbonyl (C=O) groups is 1. The largest absolute Gasteiger partial charge is 0.352 e. The van der Waals surface area contributed by atoms with Crippen LogP contribution in [0.2, 0.25) is 0 Å². The van der Waals surface area contributed by atoms with Gasteiger partial charge in [-0.1, -0.05) is 56.3 Å². The van der Waals surface area contributed by atoms with Gasteiger partial charge in [0, 0.05) is 28.6 Å². The molecule has 0 spiro atoms. The first-order valence-electron chi connectivity index (χ1n) is 9.83. The first-order valence-corrected chi connectivity index (χ1v) is 10.7. The van der Waals surface area contributed by atoms with E-state index in [0.717, 1.165) is 47.9 Å². The SMILES string of the molecule is CCN(CC)CCCNC(=O)c1ccc(-c2csc(-c3ccccc3)n2)cc1. The van der Waals surface area contributed by atoms with E-state index in [4.69, 9.17) is 4.98 Å². The zero-order chi connectivity index (χ0) is 19.8. The molecule has 0 atom stereocenters. The van der Waals surface area contributed by atoms with Crippen LogP contribution in [0.25, 0.3) is 21.8 Å². The van der Waals surface area contributed by atoms with Gasteiger partial charge in [-0.15, -0.1) is 11.3 Å². The van der Waals surface area contributed by atoms with Gasteiger partial charge in [0.25, 0.3) is 5.91 Å². The summed E-state index contributed by atoms with van der Waals surface area (Å²) in [7, 11) is 0. The molecule has 3 aromatic rings. The lowest BCUT2D eigenvalue weighted by atomic mass is 10.1. The van der Waals surface area contributed by atoms with Crippen molar-refractivity contribution in [2.24, 2.45) is 0 Å². The molecule has 1 heterocycles. The molecule has 0 aliphatic rings. The lowest BCUT2D eigenvalue weighted by Crippen LogP contribution is -2.29. The van der Waals surface area contributed by atoms with E-state index in [-0.39, 0.29) is 5.91 Å². The summed E-state index contributed by atoms with van der Waals surface area (Å²) in [6.45, 7) is 8.13. The van der Waals surface area contributed by atoms with E-state index in [1.807, 2.05) is 42.5 Å². The lowest BCUT2D eigenvalue weighted by Gasteiger charge is -2.17. The summed E-state index contributed by atoms with van der Waals surface area (Å²) < 4.78 is 0. The third-order valence-electron chi connectivity index (χ3n) is 4.80. The number of amides is 1. The molecular formula is C23H27N3OS. The second-order valence-electron chi connectivity index (χ2n) is 6.62. The Bertz CT molecular complexity index is 870. The maximum atomic E-state index is 12.3. The molecule has 0 aliphatic carbocycles. The van der Waals surface area contributed by atoms with Gasteiger partial charge in [-0.2, -0.15) is 0 Å². The van der Waals surface area contributed by atoms with Crippen LogP contribution in [0.3, 0.4) is 0 Å². The summed E-state index contributed by atoms with van der Waals surface area (Å²) in [5.41, 5.74) is 3.77. The smallest absolute Gasteiger partial charge is 0.251 e. The molecule has 0 fully saturated rings. The van der Waals surface area contributed by atoms with Crippen LogP contribution in [-0.2, 0) is 0 Å². The molecule has 1 amide bonds. The molecule has 0 bridgehead atoms. The number of hydrogen-bond acceptors (Lipinski definition) is 4.